The fourth-order valence-electron chi connectivity index (χ4n) is 2.97. The Kier molecular flexibility index (Phi) is 5.04. The normalized spacial score (nSPS) is 12.0. The summed E-state index contributed by atoms with van der Waals surface area (Å²) < 4.78 is 1.82. The average molecular weight is 369 g/mol. The Morgan fingerprint density at radius 2 is 1.88 bits per heavy atom. The molecule has 0 amide bonds. The fraction of sp³-hybridized carbons (Fsp3) is 0.263. The van der Waals surface area contributed by atoms with E-state index in [0.29, 0.717) is 16.6 Å². The van der Waals surface area contributed by atoms with Crippen LogP contribution in [0.4, 0.5) is 5.82 Å². The molecule has 6 nitrogen and oxygen atoms in total. The Hall–Kier alpha value is -2.73. The van der Waals surface area contributed by atoms with Crippen LogP contribution >= 0.6 is 11.6 Å². The molecule has 7 heteroatoms. The predicted molar refractivity (Wildman–Crippen MR) is 106 cm³/mol. The van der Waals surface area contributed by atoms with Crippen molar-refractivity contribution < 1.29 is 0 Å². The van der Waals surface area contributed by atoms with Crippen LogP contribution in [0.2, 0.25) is 5.15 Å². The summed E-state index contributed by atoms with van der Waals surface area (Å²) in [6.45, 7) is 7.91. The van der Waals surface area contributed by atoms with Crippen LogP contribution in [0.1, 0.15) is 38.1 Å². The minimum absolute atomic E-state index is 0.139. The van der Waals surface area contributed by atoms with Gasteiger partial charge in [0.2, 0.25) is 0 Å². The van der Waals surface area contributed by atoms with Crippen molar-refractivity contribution in [1.82, 2.24) is 24.7 Å². The standard InChI is InChI=1S/C17H15ClN6.C2H6/c1-9-14-16(19)20-8-21-17(14)24(23-9)10(2)12-7-11-5-3-4-6-13(11)22-15(12)18;1-2/h3-8,10H,1-2H3,(H2,19,20,21);1-2H3. The van der Waals surface area contributed by atoms with Gasteiger partial charge in [-0.25, -0.2) is 19.6 Å². The first kappa shape index (κ1) is 18.1. The summed E-state index contributed by atoms with van der Waals surface area (Å²) in [7, 11) is 0. The SMILES string of the molecule is CC.Cc1nn(C(C)c2cc3ccccc3nc2Cl)c2ncnc(N)c12. The maximum absolute atomic E-state index is 6.43. The Labute approximate surface area is 157 Å². The van der Waals surface area contributed by atoms with Crippen molar-refractivity contribution in [2.24, 2.45) is 0 Å². The number of nitrogens with zero attached hydrogens (tertiary/aromatic N) is 5. The van der Waals surface area contributed by atoms with Gasteiger partial charge in [-0.2, -0.15) is 5.10 Å². The van der Waals surface area contributed by atoms with E-state index in [9.17, 15) is 0 Å². The molecule has 0 saturated heterocycles. The number of aromatic nitrogens is 5. The van der Waals surface area contributed by atoms with Crippen molar-refractivity contribution in [2.75, 3.05) is 5.73 Å². The maximum Gasteiger partial charge on any atom is 0.164 e. The van der Waals surface area contributed by atoms with Crippen molar-refractivity contribution >= 4 is 39.4 Å². The summed E-state index contributed by atoms with van der Waals surface area (Å²) in [6, 6.07) is 9.79. The first-order valence-electron chi connectivity index (χ1n) is 8.56. The van der Waals surface area contributed by atoms with E-state index >= 15 is 0 Å². The molecule has 0 aliphatic heterocycles. The zero-order valence-electron chi connectivity index (χ0n) is 15.2. The van der Waals surface area contributed by atoms with Crippen molar-refractivity contribution in [3.8, 4) is 0 Å². The number of halogens is 1. The van der Waals surface area contributed by atoms with Crippen molar-refractivity contribution in [3.63, 3.8) is 0 Å². The van der Waals surface area contributed by atoms with E-state index in [1.54, 1.807) is 0 Å². The number of nitrogen functional groups attached to an aromatic ring is 1. The number of nitrogens with two attached hydrogens (primary N) is 1. The van der Waals surface area contributed by atoms with Gasteiger partial charge in [0.1, 0.15) is 17.3 Å². The molecule has 0 radical (unpaired) electrons. The van der Waals surface area contributed by atoms with Crippen molar-refractivity contribution in [1.29, 1.82) is 0 Å². The molecule has 3 heterocycles. The van der Waals surface area contributed by atoms with Crippen LogP contribution in [-0.4, -0.2) is 24.7 Å². The second kappa shape index (κ2) is 7.25. The minimum Gasteiger partial charge on any atom is -0.383 e. The first-order valence-corrected chi connectivity index (χ1v) is 8.94. The quantitative estimate of drug-likeness (QED) is 0.524. The van der Waals surface area contributed by atoms with Crippen LogP contribution in [0.15, 0.2) is 36.7 Å². The third kappa shape index (κ3) is 2.97. The van der Waals surface area contributed by atoms with Gasteiger partial charge in [0.05, 0.1) is 22.6 Å². The molecule has 0 aliphatic carbocycles. The van der Waals surface area contributed by atoms with Crippen LogP contribution in [0.3, 0.4) is 0 Å². The molecule has 0 saturated carbocycles. The van der Waals surface area contributed by atoms with Gasteiger partial charge in [-0.3, -0.25) is 0 Å². The molecule has 1 atom stereocenters. The lowest BCUT2D eigenvalue weighted by Crippen LogP contribution is -2.11. The van der Waals surface area contributed by atoms with E-state index in [1.807, 2.05) is 62.7 Å². The summed E-state index contributed by atoms with van der Waals surface area (Å²) in [6.07, 6.45) is 1.45. The molecule has 0 spiro atoms. The van der Waals surface area contributed by atoms with Gasteiger partial charge < -0.3 is 5.73 Å². The Bertz CT molecular complexity index is 1070. The third-order valence-corrected chi connectivity index (χ3v) is 4.52. The number of aryl methyl sites for hydroxylation is 1. The topological polar surface area (TPSA) is 82.5 Å². The number of benzene rings is 1. The van der Waals surface area contributed by atoms with Gasteiger partial charge in [-0.1, -0.05) is 43.6 Å². The van der Waals surface area contributed by atoms with Gasteiger partial charge in [-0.05, 0) is 26.0 Å². The lowest BCUT2D eigenvalue weighted by molar-refractivity contribution is 0.574. The molecule has 0 fully saturated rings. The molecule has 134 valence electrons. The van der Waals surface area contributed by atoms with E-state index in [-0.39, 0.29) is 6.04 Å². The molecular weight excluding hydrogens is 348 g/mol. The highest BCUT2D eigenvalue weighted by Crippen LogP contribution is 2.31. The van der Waals surface area contributed by atoms with Crippen molar-refractivity contribution in [2.45, 2.75) is 33.7 Å². The predicted octanol–water partition coefficient (Wildman–Crippen LogP) is 4.55. The second-order valence-electron chi connectivity index (χ2n) is 5.72. The van der Waals surface area contributed by atoms with Gasteiger partial charge in [-0.15, -0.1) is 0 Å². The largest absolute Gasteiger partial charge is 0.383 e. The molecule has 0 bridgehead atoms. The highest BCUT2D eigenvalue weighted by Gasteiger charge is 2.20. The van der Waals surface area contributed by atoms with Crippen LogP contribution in [0.25, 0.3) is 21.9 Å². The number of hydrogen-bond donors (Lipinski definition) is 1. The van der Waals surface area contributed by atoms with Gasteiger partial charge in [0.25, 0.3) is 0 Å². The van der Waals surface area contributed by atoms with E-state index in [0.717, 1.165) is 27.5 Å². The molecule has 3 aromatic heterocycles. The number of rotatable bonds is 2. The highest BCUT2D eigenvalue weighted by atomic mass is 35.5. The minimum atomic E-state index is -0.139. The number of fused-ring (bicyclic) bond motifs is 2. The van der Waals surface area contributed by atoms with Crippen molar-refractivity contribution in [3.05, 3.63) is 53.1 Å². The monoisotopic (exact) mass is 368 g/mol. The van der Waals surface area contributed by atoms with E-state index in [1.165, 1.54) is 6.33 Å². The Morgan fingerprint density at radius 3 is 2.65 bits per heavy atom. The molecule has 2 N–H and O–H groups in total. The number of hydrogen-bond acceptors (Lipinski definition) is 5. The molecule has 26 heavy (non-hydrogen) atoms. The summed E-state index contributed by atoms with van der Waals surface area (Å²) in [5.41, 5.74) is 9.21. The maximum atomic E-state index is 6.43. The van der Waals surface area contributed by atoms with Crippen LogP contribution in [0.5, 0.6) is 0 Å². The molecule has 1 unspecified atom stereocenters. The third-order valence-electron chi connectivity index (χ3n) is 4.21. The summed E-state index contributed by atoms with van der Waals surface area (Å²) in [4.78, 5) is 12.9. The summed E-state index contributed by atoms with van der Waals surface area (Å²) >= 11 is 6.43. The smallest absolute Gasteiger partial charge is 0.164 e. The molecular formula is C19H21ClN6. The van der Waals surface area contributed by atoms with Gasteiger partial charge in [0, 0.05) is 10.9 Å². The zero-order valence-corrected chi connectivity index (χ0v) is 16.0. The van der Waals surface area contributed by atoms with E-state index < -0.39 is 0 Å². The number of para-hydroxylation sites is 1. The molecule has 4 aromatic rings. The van der Waals surface area contributed by atoms with Crippen LogP contribution in [0, 0.1) is 6.92 Å². The van der Waals surface area contributed by atoms with Gasteiger partial charge in [0.15, 0.2) is 5.65 Å². The number of pyridine rings is 1. The second-order valence-corrected chi connectivity index (χ2v) is 6.08. The lowest BCUT2D eigenvalue weighted by Gasteiger charge is -2.15. The Morgan fingerprint density at radius 1 is 1.15 bits per heavy atom. The average Bonchev–Trinajstić information content (AvgIpc) is 3.00. The van der Waals surface area contributed by atoms with Crippen LogP contribution < -0.4 is 5.73 Å². The summed E-state index contributed by atoms with van der Waals surface area (Å²) in [5, 5.41) is 6.86. The lowest BCUT2D eigenvalue weighted by atomic mass is 10.1. The van der Waals surface area contributed by atoms with E-state index in [2.05, 4.69) is 20.1 Å². The van der Waals surface area contributed by atoms with Crippen LogP contribution in [-0.2, 0) is 0 Å². The summed E-state index contributed by atoms with van der Waals surface area (Å²) in [5.74, 6) is 0.429. The first-order chi connectivity index (χ1) is 12.6. The van der Waals surface area contributed by atoms with Gasteiger partial charge >= 0.3 is 0 Å². The molecule has 1 aromatic carbocycles. The number of anilines is 1. The highest BCUT2D eigenvalue weighted by molar-refractivity contribution is 6.30. The Balaban J connectivity index is 0.000000948. The molecule has 4 rings (SSSR count). The zero-order chi connectivity index (χ0) is 18.8. The fourth-order valence-corrected chi connectivity index (χ4v) is 3.28. The van der Waals surface area contributed by atoms with E-state index in [4.69, 9.17) is 17.3 Å². The molecule has 0 aliphatic rings.